The molecule has 4 aromatic rings. The first-order valence-corrected chi connectivity index (χ1v) is 8.29. The lowest BCUT2D eigenvalue weighted by molar-refractivity contribution is 0.881. The molecule has 0 saturated carbocycles. The van der Waals surface area contributed by atoms with E-state index in [0.29, 0.717) is 5.82 Å². The first-order chi connectivity index (χ1) is 11.8. The van der Waals surface area contributed by atoms with E-state index < -0.39 is 0 Å². The van der Waals surface area contributed by atoms with Crippen LogP contribution in [0, 0.1) is 0 Å². The highest BCUT2D eigenvalue weighted by Gasteiger charge is 2.22. The Morgan fingerprint density at radius 2 is 1.76 bits per heavy atom. The highest BCUT2D eigenvalue weighted by molar-refractivity contribution is 5.95. The second-order valence-electron chi connectivity index (χ2n) is 5.75. The van der Waals surface area contributed by atoms with Crippen molar-refractivity contribution in [2.24, 2.45) is 0 Å². The average Bonchev–Trinajstić information content (AvgIpc) is 3.27. The van der Waals surface area contributed by atoms with Crippen molar-refractivity contribution in [1.29, 1.82) is 0 Å². The van der Waals surface area contributed by atoms with E-state index in [9.17, 15) is 0 Å². The zero-order chi connectivity index (χ0) is 16.5. The minimum atomic E-state index is 0. The molecular formula is C19H22N6. The van der Waals surface area contributed by atoms with Crippen LogP contribution in [0.3, 0.4) is 0 Å². The summed E-state index contributed by atoms with van der Waals surface area (Å²) in [6, 6.07) is 16.9. The third-order valence-electron chi connectivity index (χ3n) is 4.49. The summed E-state index contributed by atoms with van der Waals surface area (Å²) < 4.78 is 2.25. The Kier molecular flexibility index (Phi) is 4.63. The van der Waals surface area contributed by atoms with Gasteiger partial charge in [-0.3, -0.25) is 0 Å². The summed E-state index contributed by atoms with van der Waals surface area (Å²) >= 11 is 0. The monoisotopic (exact) mass is 334 g/mol. The summed E-state index contributed by atoms with van der Waals surface area (Å²) in [7, 11) is 0. The minimum absolute atomic E-state index is 0. The molecule has 0 radical (unpaired) electrons. The fourth-order valence-corrected chi connectivity index (χ4v) is 3.48. The number of fused-ring (bicyclic) bond motifs is 1. The number of H-pyrrole nitrogens is 1. The molecule has 0 aliphatic rings. The molecule has 2 aromatic carbocycles. The number of nitrogens with zero attached hydrogens (tertiary/aromatic N) is 4. The molecule has 6 heteroatoms. The summed E-state index contributed by atoms with van der Waals surface area (Å²) in [6.07, 6.45) is 1.91. The van der Waals surface area contributed by atoms with Crippen molar-refractivity contribution in [3.63, 3.8) is 0 Å². The molecule has 4 rings (SSSR count). The van der Waals surface area contributed by atoms with E-state index in [0.717, 1.165) is 24.2 Å². The largest absolute Gasteiger partial charge is 0.344 e. The maximum absolute atomic E-state index is 4.26. The Labute approximate surface area is 146 Å². The Morgan fingerprint density at radius 3 is 2.40 bits per heavy atom. The predicted octanol–water partition coefficient (Wildman–Crippen LogP) is 4.10. The number of nitrogens with one attached hydrogen (secondary N) is 1. The van der Waals surface area contributed by atoms with Crippen LogP contribution < -0.4 is 6.15 Å². The molecule has 0 aliphatic heterocycles. The summed E-state index contributed by atoms with van der Waals surface area (Å²) in [4.78, 5) is 0. The Hall–Kier alpha value is -2.99. The van der Waals surface area contributed by atoms with Crippen LogP contribution in [0.2, 0.25) is 0 Å². The van der Waals surface area contributed by atoms with Gasteiger partial charge in [0.2, 0.25) is 5.82 Å². The van der Waals surface area contributed by atoms with E-state index in [-0.39, 0.29) is 6.15 Å². The molecule has 6 nitrogen and oxygen atoms in total. The molecule has 0 spiro atoms. The second-order valence-corrected chi connectivity index (χ2v) is 5.75. The van der Waals surface area contributed by atoms with E-state index in [2.05, 4.69) is 81.5 Å². The predicted molar refractivity (Wildman–Crippen MR) is 100 cm³/mol. The maximum atomic E-state index is 4.26. The topological polar surface area (TPSA) is 94.4 Å². The molecule has 2 heterocycles. The fourth-order valence-electron chi connectivity index (χ4n) is 3.48. The third-order valence-corrected chi connectivity index (χ3v) is 4.49. The maximum Gasteiger partial charge on any atom is 0.221 e. The molecule has 0 unspecified atom stereocenters. The van der Waals surface area contributed by atoms with Crippen molar-refractivity contribution >= 4 is 10.9 Å². The van der Waals surface area contributed by atoms with Gasteiger partial charge in [0.05, 0.1) is 11.2 Å². The van der Waals surface area contributed by atoms with Crippen molar-refractivity contribution in [3.8, 4) is 17.2 Å². The molecule has 4 N–H and O–H groups in total. The zero-order valence-corrected chi connectivity index (χ0v) is 14.5. The average molecular weight is 334 g/mol. The summed E-state index contributed by atoms with van der Waals surface area (Å²) in [5.74, 6) is 0.633. The first-order valence-electron chi connectivity index (χ1n) is 8.29. The van der Waals surface area contributed by atoms with Gasteiger partial charge in [0, 0.05) is 11.1 Å². The molecule has 0 atom stereocenters. The molecule has 0 saturated heterocycles. The van der Waals surface area contributed by atoms with Gasteiger partial charge in [-0.1, -0.05) is 44.2 Å². The molecule has 128 valence electrons. The van der Waals surface area contributed by atoms with Gasteiger partial charge in [-0.05, 0) is 47.4 Å². The van der Waals surface area contributed by atoms with Crippen molar-refractivity contribution < 1.29 is 0 Å². The summed E-state index contributed by atoms with van der Waals surface area (Å²) in [5, 5.41) is 16.2. The van der Waals surface area contributed by atoms with Crippen LogP contribution in [-0.4, -0.2) is 25.2 Å². The van der Waals surface area contributed by atoms with Gasteiger partial charge in [0.25, 0.3) is 0 Å². The van der Waals surface area contributed by atoms with E-state index in [1.54, 1.807) is 0 Å². The lowest BCUT2D eigenvalue weighted by atomic mass is 10.0. The number of benzene rings is 2. The van der Waals surface area contributed by atoms with Crippen molar-refractivity contribution in [1.82, 2.24) is 31.3 Å². The van der Waals surface area contributed by atoms with Gasteiger partial charge in [-0.2, -0.15) is 5.21 Å². The standard InChI is InChI=1S/C19H19N5.H3N/c1-3-13-9-8-12-16-17(13)15(4-2)18(19-20-22-23-21-19)24(16)14-10-6-5-7-11-14;/h5-12H,3-4H2,1-2H3,(H,20,21,22,23);1H3. The highest BCUT2D eigenvalue weighted by atomic mass is 15.5. The lowest BCUT2D eigenvalue weighted by Gasteiger charge is -2.09. The number of hydrogen-bond donors (Lipinski definition) is 2. The van der Waals surface area contributed by atoms with Crippen LogP contribution in [0.15, 0.2) is 48.5 Å². The molecule has 0 bridgehead atoms. The van der Waals surface area contributed by atoms with Crippen LogP contribution in [0.5, 0.6) is 0 Å². The SMILES string of the molecule is CCc1cccc2c1c(CC)c(-c1nn[nH]n1)n2-c1ccccc1.N. The molecule has 2 aromatic heterocycles. The quantitative estimate of drug-likeness (QED) is 0.587. The van der Waals surface area contributed by atoms with E-state index in [4.69, 9.17) is 0 Å². The summed E-state index contributed by atoms with van der Waals surface area (Å²) in [5.41, 5.74) is 5.94. The number of aryl methyl sites for hydroxylation is 2. The third kappa shape index (κ3) is 2.60. The molecule has 0 aliphatic carbocycles. The molecule has 0 amide bonds. The number of para-hydroxylation sites is 1. The van der Waals surface area contributed by atoms with Gasteiger partial charge in [0.1, 0.15) is 0 Å². The molecular weight excluding hydrogens is 312 g/mol. The Balaban J connectivity index is 0.00000182. The van der Waals surface area contributed by atoms with E-state index in [1.165, 1.54) is 22.0 Å². The number of hydrogen-bond acceptors (Lipinski definition) is 4. The van der Waals surface area contributed by atoms with E-state index in [1.807, 2.05) is 6.07 Å². The number of tetrazole rings is 1. The Morgan fingerprint density at radius 1 is 0.960 bits per heavy atom. The van der Waals surface area contributed by atoms with Crippen LogP contribution in [0.4, 0.5) is 0 Å². The first kappa shape index (κ1) is 16.9. The van der Waals surface area contributed by atoms with Crippen LogP contribution in [0.1, 0.15) is 25.0 Å². The summed E-state index contributed by atoms with van der Waals surface area (Å²) in [6.45, 7) is 4.38. The van der Waals surface area contributed by atoms with Gasteiger partial charge < -0.3 is 10.7 Å². The van der Waals surface area contributed by atoms with E-state index >= 15 is 0 Å². The van der Waals surface area contributed by atoms with Gasteiger partial charge >= 0.3 is 0 Å². The van der Waals surface area contributed by atoms with Crippen LogP contribution in [-0.2, 0) is 12.8 Å². The molecule has 0 fully saturated rings. The van der Waals surface area contributed by atoms with Crippen molar-refractivity contribution in [3.05, 3.63) is 59.7 Å². The number of aromatic nitrogens is 5. The molecule has 25 heavy (non-hydrogen) atoms. The Bertz CT molecular complexity index is 970. The second kappa shape index (κ2) is 6.86. The number of aromatic amines is 1. The normalized spacial score (nSPS) is 10.8. The minimum Gasteiger partial charge on any atom is -0.344 e. The van der Waals surface area contributed by atoms with Crippen molar-refractivity contribution in [2.75, 3.05) is 0 Å². The smallest absolute Gasteiger partial charge is 0.221 e. The van der Waals surface area contributed by atoms with Gasteiger partial charge in [-0.25, -0.2) is 0 Å². The van der Waals surface area contributed by atoms with Crippen molar-refractivity contribution in [2.45, 2.75) is 26.7 Å². The lowest BCUT2D eigenvalue weighted by Crippen LogP contribution is -1.99. The van der Waals surface area contributed by atoms with Crippen LogP contribution in [0.25, 0.3) is 28.1 Å². The fraction of sp³-hybridized carbons (Fsp3) is 0.211. The zero-order valence-electron chi connectivity index (χ0n) is 14.5. The highest BCUT2D eigenvalue weighted by Crippen LogP contribution is 2.37. The van der Waals surface area contributed by atoms with Gasteiger partial charge in [-0.15, -0.1) is 10.2 Å². The number of rotatable bonds is 4. The van der Waals surface area contributed by atoms with Crippen LogP contribution >= 0.6 is 0 Å². The van der Waals surface area contributed by atoms with Gasteiger partial charge in [0.15, 0.2) is 0 Å².